The Balaban J connectivity index is 2.47. The summed E-state index contributed by atoms with van der Waals surface area (Å²) in [5.74, 6) is -1.48. The Kier molecular flexibility index (Phi) is 4.84. The molecule has 8 heteroatoms. The number of amides is 1. The number of hydrogen-bond acceptors (Lipinski definition) is 5. The van der Waals surface area contributed by atoms with Gasteiger partial charge in [-0.05, 0) is 27.7 Å². The third-order valence-corrected chi connectivity index (χ3v) is 4.77. The van der Waals surface area contributed by atoms with Crippen molar-refractivity contribution in [2.24, 2.45) is 0 Å². The second kappa shape index (κ2) is 6.49. The van der Waals surface area contributed by atoms with E-state index in [2.05, 4.69) is 4.98 Å². The lowest BCUT2D eigenvalue weighted by molar-refractivity contribution is -0.137. The van der Waals surface area contributed by atoms with Gasteiger partial charge in [0.05, 0.1) is 6.42 Å². The van der Waals surface area contributed by atoms with Gasteiger partial charge < -0.3 is 10.0 Å². The van der Waals surface area contributed by atoms with Gasteiger partial charge in [0, 0.05) is 29.4 Å². The molecule has 2 aromatic heterocycles. The van der Waals surface area contributed by atoms with E-state index in [1.54, 1.807) is 20.8 Å². The molecule has 1 N–H and O–H groups in total. The largest absolute Gasteiger partial charge is 0.481 e. The van der Waals surface area contributed by atoms with Crippen LogP contribution in [0.15, 0.2) is 11.0 Å². The number of nitrogens with zero attached hydrogens (tertiary/aromatic N) is 3. The summed E-state index contributed by atoms with van der Waals surface area (Å²) in [6.45, 7) is 7.31. The van der Waals surface area contributed by atoms with E-state index in [1.165, 1.54) is 26.8 Å². The second-order valence-corrected chi connectivity index (χ2v) is 6.76. The monoisotopic (exact) mass is 337 g/mol. The number of carboxylic acid groups (broad SMARTS) is 1. The Morgan fingerprint density at radius 1 is 1.39 bits per heavy atom. The zero-order valence-electron chi connectivity index (χ0n) is 13.5. The molecule has 2 heterocycles. The van der Waals surface area contributed by atoms with Crippen LogP contribution in [0.1, 0.15) is 41.2 Å². The second-order valence-electron chi connectivity index (χ2n) is 5.57. The minimum atomic E-state index is -0.988. The number of thiazole rings is 1. The Hall–Kier alpha value is -2.22. The van der Waals surface area contributed by atoms with Crippen LogP contribution in [-0.2, 0) is 4.79 Å². The van der Waals surface area contributed by atoms with Crippen molar-refractivity contribution in [3.8, 4) is 0 Å². The van der Waals surface area contributed by atoms with Crippen LogP contribution < -0.4 is 5.56 Å². The molecule has 0 aliphatic carbocycles. The molecule has 2 rings (SSSR count). The van der Waals surface area contributed by atoms with Gasteiger partial charge >= 0.3 is 5.97 Å². The Morgan fingerprint density at radius 2 is 2.04 bits per heavy atom. The third kappa shape index (κ3) is 3.26. The van der Waals surface area contributed by atoms with E-state index >= 15 is 0 Å². The molecule has 0 radical (unpaired) electrons. The van der Waals surface area contributed by atoms with Gasteiger partial charge in [0.1, 0.15) is 5.56 Å². The predicted octanol–water partition coefficient (Wildman–Crippen LogP) is 1.70. The number of fused-ring (bicyclic) bond motifs is 1. The van der Waals surface area contributed by atoms with Crippen molar-refractivity contribution in [1.82, 2.24) is 14.3 Å². The molecular formula is C15H19N3O4S. The first-order valence-electron chi connectivity index (χ1n) is 7.24. The highest BCUT2D eigenvalue weighted by Gasteiger charge is 2.24. The van der Waals surface area contributed by atoms with Crippen LogP contribution >= 0.6 is 11.3 Å². The van der Waals surface area contributed by atoms with Gasteiger partial charge in [0.15, 0.2) is 4.96 Å². The van der Waals surface area contributed by atoms with Crippen LogP contribution in [0.3, 0.4) is 0 Å². The molecule has 0 spiro atoms. The lowest BCUT2D eigenvalue weighted by Crippen LogP contribution is -2.41. The zero-order chi connectivity index (χ0) is 17.3. The van der Waals surface area contributed by atoms with Gasteiger partial charge in [-0.3, -0.25) is 18.8 Å². The molecule has 0 atom stereocenters. The standard InChI is InChI=1S/C15H19N3O4S/c1-8(2)17(6-5-12(19)20)13(21)11-7-16-15-18(14(11)22)9(3)10(4)23-15/h7-8H,5-6H2,1-4H3,(H,19,20). The fourth-order valence-electron chi connectivity index (χ4n) is 2.29. The van der Waals surface area contributed by atoms with E-state index in [0.29, 0.717) is 4.96 Å². The van der Waals surface area contributed by atoms with E-state index in [0.717, 1.165) is 10.6 Å². The van der Waals surface area contributed by atoms with Crippen molar-refractivity contribution in [2.75, 3.05) is 6.54 Å². The minimum absolute atomic E-state index is 0.0394. The van der Waals surface area contributed by atoms with Gasteiger partial charge in [0.25, 0.3) is 11.5 Å². The molecular weight excluding hydrogens is 318 g/mol. The molecule has 0 fully saturated rings. The maximum atomic E-state index is 12.7. The number of rotatable bonds is 5. The maximum Gasteiger partial charge on any atom is 0.305 e. The first-order chi connectivity index (χ1) is 10.7. The summed E-state index contributed by atoms with van der Waals surface area (Å²) in [5, 5.41) is 8.82. The SMILES string of the molecule is Cc1sc2ncc(C(=O)N(CCC(=O)O)C(C)C)c(=O)n2c1C. The van der Waals surface area contributed by atoms with Gasteiger partial charge in [-0.25, -0.2) is 4.98 Å². The van der Waals surface area contributed by atoms with Gasteiger partial charge in [-0.1, -0.05) is 0 Å². The molecule has 23 heavy (non-hydrogen) atoms. The molecule has 0 bridgehead atoms. The molecule has 2 aromatic rings. The molecule has 0 aromatic carbocycles. The zero-order valence-corrected chi connectivity index (χ0v) is 14.3. The van der Waals surface area contributed by atoms with Crippen molar-refractivity contribution in [3.05, 3.63) is 32.7 Å². The third-order valence-electron chi connectivity index (χ3n) is 3.70. The Labute approximate surface area is 137 Å². The highest BCUT2D eigenvalue weighted by Crippen LogP contribution is 2.18. The fraction of sp³-hybridized carbons (Fsp3) is 0.467. The lowest BCUT2D eigenvalue weighted by Gasteiger charge is -2.25. The summed E-state index contributed by atoms with van der Waals surface area (Å²) < 4.78 is 1.43. The topological polar surface area (TPSA) is 92.0 Å². The van der Waals surface area contributed by atoms with Crippen LogP contribution in [-0.4, -0.2) is 43.9 Å². The molecule has 0 saturated heterocycles. The summed E-state index contributed by atoms with van der Waals surface area (Å²) in [5.41, 5.74) is 0.309. The van der Waals surface area contributed by atoms with Gasteiger partial charge in [0.2, 0.25) is 0 Å². The highest BCUT2D eigenvalue weighted by atomic mass is 32.1. The Bertz CT molecular complexity index is 822. The number of aromatic nitrogens is 2. The first-order valence-corrected chi connectivity index (χ1v) is 8.06. The summed E-state index contributed by atoms with van der Waals surface area (Å²) in [6, 6.07) is -0.216. The molecule has 1 amide bonds. The number of aryl methyl sites for hydroxylation is 2. The van der Waals surface area contributed by atoms with Crippen LogP contribution in [0, 0.1) is 13.8 Å². The van der Waals surface area contributed by atoms with Crippen molar-refractivity contribution < 1.29 is 14.7 Å². The maximum absolute atomic E-state index is 12.7. The van der Waals surface area contributed by atoms with Crippen LogP contribution in [0.5, 0.6) is 0 Å². The van der Waals surface area contributed by atoms with E-state index in [-0.39, 0.29) is 24.6 Å². The number of carbonyl (C=O) groups is 2. The summed E-state index contributed by atoms with van der Waals surface area (Å²) >= 11 is 1.39. The van der Waals surface area contributed by atoms with E-state index in [1.807, 2.05) is 6.92 Å². The van der Waals surface area contributed by atoms with Crippen LogP contribution in [0.4, 0.5) is 0 Å². The Morgan fingerprint density at radius 3 is 2.61 bits per heavy atom. The lowest BCUT2D eigenvalue weighted by atomic mass is 10.2. The van der Waals surface area contributed by atoms with E-state index < -0.39 is 17.4 Å². The average Bonchev–Trinajstić information content (AvgIpc) is 2.74. The summed E-state index contributed by atoms with van der Waals surface area (Å²) in [4.78, 5) is 43.1. The van der Waals surface area contributed by atoms with E-state index in [9.17, 15) is 14.4 Å². The van der Waals surface area contributed by atoms with Crippen molar-refractivity contribution >= 4 is 28.2 Å². The number of carboxylic acids is 1. The quantitative estimate of drug-likeness (QED) is 0.896. The van der Waals surface area contributed by atoms with Crippen molar-refractivity contribution in [2.45, 2.75) is 40.2 Å². The predicted molar refractivity (Wildman–Crippen MR) is 87.2 cm³/mol. The summed E-state index contributed by atoms with van der Waals surface area (Å²) in [6.07, 6.45) is 1.11. The normalized spacial score (nSPS) is 11.2. The molecule has 0 aliphatic heterocycles. The molecule has 0 saturated carbocycles. The molecule has 0 unspecified atom stereocenters. The van der Waals surface area contributed by atoms with Crippen LogP contribution in [0.2, 0.25) is 0 Å². The summed E-state index contributed by atoms with van der Waals surface area (Å²) in [7, 11) is 0. The van der Waals surface area contributed by atoms with E-state index in [4.69, 9.17) is 5.11 Å². The highest BCUT2D eigenvalue weighted by molar-refractivity contribution is 7.17. The fourth-order valence-corrected chi connectivity index (χ4v) is 3.22. The number of carbonyl (C=O) groups excluding carboxylic acids is 1. The van der Waals surface area contributed by atoms with Crippen molar-refractivity contribution in [3.63, 3.8) is 0 Å². The van der Waals surface area contributed by atoms with Crippen LogP contribution in [0.25, 0.3) is 4.96 Å². The number of aliphatic carboxylic acids is 1. The van der Waals surface area contributed by atoms with Crippen molar-refractivity contribution in [1.29, 1.82) is 0 Å². The molecule has 124 valence electrons. The smallest absolute Gasteiger partial charge is 0.305 e. The minimum Gasteiger partial charge on any atom is -0.481 e. The average molecular weight is 337 g/mol. The van der Waals surface area contributed by atoms with Gasteiger partial charge in [-0.2, -0.15) is 0 Å². The van der Waals surface area contributed by atoms with Gasteiger partial charge in [-0.15, -0.1) is 11.3 Å². The molecule has 7 nitrogen and oxygen atoms in total. The molecule has 0 aliphatic rings. The first kappa shape index (κ1) is 17.1. The number of hydrogen-bond donors (Lipinski definition) is 1.